The van der Waals surface area contributed by atoms with Crippen molar-refractivity contribution >= 4 is 34.9 Å². The highest BCUT2D eigenvalue weighted by molar-refractivity contribution is 7.98. The number of rotatable bonds is 2. The van der Waals surface area contributed by atoms with E-state index >= 15 is 0 Å². The summed E-state index contributed by atoms with van der Waals surface area (Å²) in [5.41, 5.74) is 1.01. The largest absolute Gasteiger partial charge is 0.203 e. The second kappa shape index (κ2) is 4.29. The van der Waals surface area contributed by atoms with Gasteiger partial charge in [0.15, 0.2) is 5.82 Å². The molecule has 0 aliphatic carbocycles. The van der Waals surface area contributed by atoms with Crippen molar-refractivity contribution in [2.75, 3.05) is 6.26 Å². The van der Waals surface area contributed by atoms with Crippen molar-refractivity contribution in [3.05, 3.63) is 28.7 Å². The van der Waals surface area contributed by atoms with Crippen molar-refractivity contribution in [2.45, 2.75) is 4.90 Å². The molecule has 0 atom stereocenters. The Bertz CT molecular complexity index is 425. The first-order chi connectivity index (χ1) is 6.79. The number of halogens is 1. The van der Waals surface area contributed by atoms with Crippen LogP contribution in [-0.2, 0) is 0 Å². The summed E-state index contributed by atoms with van der Waals surface area (Å²) in [6.45, 7) is 0. The molecule has 2 nitrogen and oxygen atoms in total. The average molecular weight is 243 g/mol. The summed E-state index contributed by atoms with van der Waals surface area (Å²) < 4.78 is 4.61. The Morgan fingerprint density at radius 3 is 2.50 bits per heavy atom. The Kier molecular flexibility index (Phi) is 3.05. The molecule has 0 amide bonds. The Labute approximate surface area is 95.5 Å². The molecule has 1 aromatic heterocycles. The van der Waals surface area contributed by atoms with Gasteiger partial charge in [0.1, 0.15) is 0 Å². The lowest BCUT2D eigenvalue weighted by Crippen LogP contribution is -1.79. The molecule has 0 saturated heterocycles. The van der Waals surface area contributed by atoms with E-state index in [9.17, 15) is 0 Å². The van der Waals surface area contributed by atoms with E-state index in [0.29, 0.717) is 10.3 Å². The molecule has 0 saturated carbocycles. The van der Waals surface area contributed by atoms with Crippen molar-refractivity contribution in [1.29, 1.82) is 0 Å². The number of thioether (sulfide) groups is 1. The summed E-state index contributed by atoms with van der Waals surface area (Å²) in [5, 5.41) is 0. The molecular formula is C9H7ClN2S2. The van der Waals surface area contributed by atoms with Gasteiger partial charge in [-0.3, -0.25) is 0 Å². The Morgan fingerprint density at radius 2 is 2.00 bits per heavy atom. The van der Waals surface area contributed by atoms with Crippen molar-refractivity contribution in [3.8, 4) is 11.4 Å². The lowest BCUT2D eigenvalue weighted by Gasteiger charge is -1.97. The van der Waals surface area contributed by atoms with Crippen LogP contribution >= 0.6 is 34.9 Å². The third-order valence-corrected chi connectivity index (χ3v) is 3.29. The number of hydrogen-bond donors (Lipinski definition) is 0. The second-order valence-corrected chi connectivity index (χ2v) is 4.81. The van der Waals surface area contributed by atoms with Gasteiger partial charge in [0.05, 0.1) is 0 Å². The molecule has 0 unspecified atom stereocenters. The van der Waals surface area contributed by atoms with E-state index < -0.39 is 0 Å². The summed E-state index contributed by atoms with van der Waals surface area (Å²) in [6.07, 6.45) is 2.05. The normalized spacial score (nSPS) is 10.4. The van der Waals surface area contributed by atoms with Crippen molar-refractivity contribution in [1.82, 2.24) is 9.36 Å². The fourth-order valence-corrected chi connectivity index (χ4v) is 2.09. The summed E-state index contributed by atoms with van der Waals surface area (Å²) in [7, 11) is 0. The molecule has 0 fully saturated rings. The van der Waals surface area contributed by atoms with Crippen LogP contribution in [-0.4, -0.2) is 15.6 Å². The van der Waals surface area contributed by atoms with Gasteiger partial charge in [-0.05, 0) is 41.5 Å². The zero-order chi connectivity index (χ0) is 9.97. The van der Waals surface area contributed by atoms with E-state index in [0.717, 1.165) is 5.56 Å². The Balaban J connectivity index is 2.33. The van der Waals surface area contributed by atoms with Crippen LogP contribution in [0.4, 0.5) is 0 Å². The van der Waals surface area contributed by atoms with Crippen LogP contribution in [0.3, 0.4) is 0 Å². The van der Waals surface area contributed by atoms with Crippen LogP contribution in [0.2, 0.25) is 4.47 Å². The summed E-state index contributed by atoms with van der Waals surface area (Å²) in [6, 6.07) is 8.11. The maximum absolute atomic E-state index is 5.71. The monoisotopic (exact) mass is 242 g/mol. The number of hydrogen-bond acceptors (Lipinski definition) is 4. The first-order valence-corrected chi connectivity index (χ1v) is 6.31. The molecule has 0 bridgehead atoms. The van der Waals surface area contributed by atoms with Gasteiger partial charge in [0.2, 0.25) is 4.47 Å². The van der Waals surface area contributed by atoms with Gasteiger partial charge in [0.25, 0.3) is 0 Å². The number of nitrogens with zero attached hydrogens (tertiary/aromatic N) is 2. The first-order valence-electron chi connectivity index (χ1n) is 3.93. The van der Waals surface area contributed by atoms with Crippen molar-refractivity contribution in [3.63, 3.8) is 0 Å². The highest BCUT2D eigenvalue weighted by Gasteiger charge is 2.04. The van der Waals surface area contributed by atoms with Gasteiger partial charge in [-0.15, -0.1) is 11.8 Å². The molecule has 0 radical (unpaired) electrons. The predicted molar refractivity (Wildman–Crippen MR) is 62.1 cm³/mol. The zero-order valence-corrected chi connectivity index (χ0v) is 9.79. The third-order valence-electron chi connectivity index (χ3n) is 1.75. The molecule has 2 aromatic rings. The smallest absolute Gasteiger partial charge is 0.203 e. The molecule has 1 aromatic carbocycles. The first kappa shape index (κ1) is 9.96. The highest BCUT2D eigenvalue weighted by atomic mass is 35.5. The third kappa shape index (κ3) is 2.08. The summed E-state index contributed by atoms with van der Waals surface area (Å²) in [4.78, 5) is 5.33. The summed E-state index contributed by atoms with van der Waals surface area (Å²) >= 11 is 8.63. The van der Waals surface area contributed by atoms with Crippen LogP contribution < -0.4 is 0 Å². The maximum atomic E-state index is 5.71. The van der Waals surface area contributed by atoms with Gasteiger partial charge in [-0.2, -0.15) is 4.37 Å². The molecule has 1 heterocycles. The topological polar surface area (TPSA) is 25.8 Å². The summed E-state index contributed by atoms with van der Waals surface area (Å²) in [5.74, 6) is 0.702. The molecule has 14 heavy (non-hydrogen) atoms. The van der Waals surface area contributed by atoms with Crippen molar-refractivity contribution < 1.29 is 0 Å². The second-order valence-electron chi connectivity index (χ2n) is 2.60. The minimum Gasteiger partial charge on any atom is -0.203 e. The molecule has 0 aliphatic rings. The van der Waals surface area contributed by atoms with E-state index in [4.69, 9.17) is 11.6 Å². The van der Waals surface area contributed by atoms with Gasteiger partial charge in [-0.25, -0.2) is 4.98 Å². The van der Waals surface area contributed by atoms with Crippen molar-refractivity contribution in [2.24, 2.45) is 0 Å². The SMILES string of the molecule is CSc1ccc(-c2nsc(Cl)n2)cc1. The van der Waals surface area contributed by atoms with E-state index in [-0.39, 0.29) is 0 Å². The molecule has 0 spiro atoms. The standard InChI is InChI=1S/C9H7ClN2S2/c1-13-7-4-2-6(3-5-7)8-11-9(10)14-12-8/h2-5H,1H3. The zero-order valence-electron chi connectivity index (χ0n) is 7.40. The van der Waals surface area contributed by atoms with Gasteiger partial charge in [0, 0.05) is 10.5 Å². The molecule has 2 rings (SSSR count). The van der Waals surface area contributed by atoms with E-state index in [1.54, 1.807) is 11.8 Å². The molecule has 0 aliphatic heterocycles. The van der Waals surface area contributed by atoms with Gasteiger partial charge < -0.3 is 0 Å². The fraction of sp³-hybridized carbons (Fsp3) is 0.111. The Morgan fingerprint density at radius 1 is 1.29 bits per heavy atom. The Hall–Kier alpha value is -0.580. The fourth-order valence-electron chi connectivity index (χ4n) is 1.06. The quantitative estimate of drug-likeness (QED) is 0.753. The average Bonchev–Trinajstić information content (AvgIpc) is 2.65. The minimum atomic E-state index is 0.481. The van der Waals surface area contributed by atoms with Crippen LogP contribution in [0.15, 0.2) is 29.2 Å². The maximum Gasteiger partial charge on any atom is 0.203 e. The molecule has 0 N–H and O–H groups in total. The van der Waals surface area contributed by atoms with E-state index in [1.807, 2.05) is 18.4 Å². The van der Waals surface area contributed by atoms with Gasteiger partial charge >= 0.3 is 0 Å². The molecule has 5 heteroatoms. The lowest BCUT2D eigenvalue weighted by atomic mass is 10.2. The van der Waals surface area contributed by atoms with Crippen LogP contribution in [0.25, 0.3) is 11.4 Å². The predicted octanol–water partition coefficient (Wildman–Crippen LogP) is 3.58. The van der Waals surface area contributed by atoms with Gasteiger partial charge in [-0.1, -0.05) is 12.1 Å². The van der Waals surface area contributed by atoms with Crippen LogP contribution in [0, 0.1) is 0 Å². The number of benzene rings is 1. The van der Waals surface area contributed by atoms with Crippen LogP contribution in [0.1, 0.15) is 0 Å². The van der Waals surface area contributed by atoms with E-state index in [1.165, 1.54) is 16.4 Å². The number of aromatic nitrogens is 2. The minimum absolute atomic E-state index is 0.481. The molecule has 72 valence electrons. The highest BCUT2D eigenvalue weighted by Crippen LogP contribution is 2.23. The molecular weight excluding hydrogens is 236 g/mol. The van der Waals surface area contributed by atoms with E-state index in [2.05, 4.69) is 21.5 Å². The van der Waals surface area contributed by atoms with Crippen LogP contribution in [0.5, 0.6) is 0 Å². The lowest BCUT2D eigenvalue weighted by molar-refractivity contribution is 1.31.